The molecule has 2 aromatic rings. The first-order chi connectivity index (χ1) is 9.69. The molecule has 3 nitrogen and oxygen atoms in total. The van der Waals surface area contributed by atoms with Crippen molar-refractivity contribution >= 4 is 5.69 Å². The zero-order valence-corrected chi connectivity index (χ0v) is 12.4. The zero-order valence-electron chi connectivity index (χ0n) is 12.4. The second kappa shape index (κ2) is 6.96. The van der Waals surface area contributed by atoms with Gasteiger partial charge in [-0.3, -0.25) is 0 Å². The number of ether oxygens (including phenoxy) is 1. The number of rotatable bonds is 6. The van der Waals surface area contributed by atoms with Gasteiger partial charge in [0, 0.05) is 18.8 Å². The van der Waals surface area contributed by atoms with Crippen LogP contribution >= 0.6 is 0 Å². The number of methoxy groups -OCH3 is 1. The van der Waals surface area contributed by atoms with E-state index in [4.69, 9.17) is 4.74 Å². The maximum Gasteiger partial charge on any atom is 0.118 e. The highest BCUT2D eigenvalue weighted by Gasteiger charge is 2.02. The molecule has 0 aliphatic rings. The van der Waals surface area contributed by atoms with Gasteiger partial charge < -0.3 is 15.0 Å². The smallest absolute Gasteiger partial charge is 0.118 e. The summed E-state index contributed by atoms with van der Waals surface area (Å²) in [5.74, 6) is 0.891. The summed E-state index contributed by atoms with van der Waals surface area (Å²) >= 11 is 0. The molecule has 2 aromatic carbocycles. The van der Waals surface area contributed by atoms with Crippen molar-refractivity contribution in [2.45, 2.75) is 13.1 Å². The molecule has 0 radical (unpaired) electrons. The van der Waals surface area contributed by atoms with E-state index in [0.29, 0.717) is 0 Å². The molecule has 0 heterocycles. The van der Waals surface area contributed by atoms with Crippen molar-refractivity contribution < 1.29 is 4.74 Å². The second-order valence-corrected chi connectivity index (χ2v) is 5.10. The Kier molecular flexibility index (Phi) is 5.02. The van der Waals surface area contributed by atoms with Gasteiger partial charge in [0.2, 0.25) is 0 Å². The number of benzene rings is 2. The Balaban J connectivity index is 2.02. The monoisotopic (exact) mass is 270 g/mol. The van der Waals surface area contributed by atoms with E-state index in [1.807, 2.05) is 12.1 Å². The van der Waals surface area contributed by atoms with Crippen molar-refractivity contribution in [2.24, 2.45) is 0 Å². The lowest BCUT2D eigenvalue weighted by molar-refractivity contribution is 0.403. The second-order valence-electron chi connectivity index (χ2n) is 5.10. The molecule has 0 saturated heterocycles. The predicted octanol–water partition coefficient (Wildman–Crippen LogP) is 3.37. The van der Waals surface area contributed by atoms with Crippen LogP contribution in [0.4, 0.5) is 5.69 Å². The van der Waals surface area contributed by atoms with E-state index in [-0.39, 0.29) is 0 Å². The lowest BCUT2D eigenvalue weighted by atomic mass is 10.1. The molecule has 0 aliphatic heterocycles. The average Bonchev–Trinajstić information content (AvgIpc) is 2.46. The largest absolute Gasteiger partial charge is 0.497 e. The van der Waals surface area contributed by atoms with E-state index in [1.54, 1.807) is 7.11 Å². The van der Waals surface area contributed by atoms with Crippen LogP contribution in [0.15, 0.2) is 48.5 Å². The van der Waals surface area contributed by atoms with E-state index in [2.05, 4.69) is 60.7 Å². The first-order valence-electron chi connectivity index (χ1n) is 6.78. The molecule has 3 heteroatoms. The number of hydrogen-bond acceptors (Lipinski definition) is 3. The molecule has 0 saturated carbocycles. The number of para-hydroxylation sites is 1. The molecule has 0 atom stereocenters. The Morgan fingerprint density at radius 1 is 1.00 bits per heavy atom. The van der Waals surface area contributed by atoms with Gasteiger partial charge in [0.1, 0.15) is 5.75 Å². The van der Waals surface area contributed by atoms with Crippen molar-refractivity contribution in [2.75, 3.05) is 26.5 Å². The fraction of sp³-hybridized carbons (Fsp3) is 0.294. The van der Waals surface area contributed by atoms with Crippen molar-refractivity contribution in [3.63, 3.8) is 0 Å². The molecule has 0 fully saturated rings. The Morgan fingerprint density at radius 3 is 2.35 bits per heavy atom. The number of nitrogens with one attached hydrogen (secondary N) is 1. The van der Waals surface area contributed by atoms with Gasteiger partial charge in [0.25, 0.3) is 0 Å². The first kappa shape index (κ1) is 14.4. The minimum absolute atomic E-state index is 0.814. The van der Waals surface area contributed by atoms with Gasteiger partial charge in [-0.2, -0.15) is 0 Å². The fourth-order valence-electron chi connectivity index (χ4n) is 2.11. The van der Waals surface area contributed by atoms with Gasteiger partial charge in [-0.1, -0.05) is 30.3 Å². The highest BCUT2D eigenvalue weighted by atomic mass is 16.5. The first-order valence-corrected chi connectivity index (χ1v) is 6.78. The van der Waals surface area contributed by atoms with Crippen molar-refractivity contribution in [1.82, 2.24) is 4.90 Å². The summed E-state index contributed by atoms with van der Waals surface area (Å²) in [6.45, 7) is 1.75. The predicted molar refractivity (Wildman–Crippen MR) is 84.2 cm³/mol. The van der Waals surface area contributed by atoms with E-state index in [9.17, 15) is 0 Å². The quantitative estimate of drug-likeness (QED) is 0.871. The molecule has 0 unspecified atom stereocenters. The zero-order chi connectivity index (χ0) is 14.4. The van der Waals surface area contributed by atoms with Crippen molar-refractivity contribution in [1.29, 1.82) is 0 Å². The SMILES string of the molecule is COc1ccc(CNc2ccccc2CN(C)C)cc1. The minimum atomic E-state index is 0.814. The van der Waals surface area contributed by atoms with Gasteiger partial charge in [-0.25, -0.2) is 0 Å². The maximum absolute atomic E-state index is 5.17. The highest BCUT2D eigenvalue weighted by Crippen LogP contribution is 2.18. The number of hydrogen-bond donors (Lipinski definition) is 1. The summed E-state index contributed by atoms with van der Waals surface area (Å²) in [6, 6.07) is 16.6. The van der Waals surface area contributed by atoms with E-state index < -0.39 is 0 Å². The summed E-state index contributed by atoms with van der Waals surface area (Å²) in [5, 5.41) is 3.50. The molecule has 2 rings (SSSR count). The number of anilines is 1. The van der Waals surface area contributed by atoms with Gasteiger partial charge in [0.15, 0.2) is 0 Å². The van der Waals surface area contributed by atoms with E-state index >= 15 is 0 Å². The topological polar surface area (TPSA) is 24.5 Å². The Morgan fingerprint density at radius 2 is 1.70 bits per heavy atom. The third-order valence-electron chi connectivity index (χ3n) is 3.15. The van der Waals surface area contributed by atoms with Gasteiger partial charge >= 0.3 is 0 Å². The third kappa shape index (κ3) is 4.00. The third-order valence-corrected chi connectivity index (χ3v) is 3.15. The molecule has 0 bridgehead atoms. The molecule has 106 valence electrons. The Bertz CT molecular complexity index is 535. The standard InChI is InChI=1S/C17H22N2O/c1-19(2)13-15-6-4-5-7-17(15)18-12-14-8-10-16(20-3)11-9-14/h4-11,18H,12-13H2,1-3H3. The molecule has 1 N–H and O–H groups in total. The molecule has 20 heavy (non-hydrogen) atoms. The minimum Gasteiger partial charge on any atom is -0.497 e. The number of nitrogens with zero attached hydrogens (tertiary/aromatic N) is 1. The van der Waals surface area contributed by atoms with E-state index in [0.717, 1.165) is 18.8 Å². The van der Waals surface area contributed by atoms with E-state index in [1.165, 1.54) is 16.8 Å². The lowest BCUT2D eigenvalue weighted by Crippen LogP contribution is -2.12. The summed E-state index contributed by atoms with van der Waals surface area (Å²) < 4.78 is 5.17. The maximum atomic E-state index is 5.17. The molecule has 0 aliphatic carbocycles. The van der Waals surface area contributed by atoms with Crippen LogP contribution in [0.1, 0.15) is 11.1 Å². The molecule has 0 aromatic heterocycles. The van der Waals surface area contributed by atoms with Crippen molar-refractivity contribution in [3.8, 4) is 5.75 Å². The van der Waals surface area contributed by atoms with Crippen LogP contribution in [0.5, 0.6) is 5.75 Å². The van der Waals surface area contributed by atoms with Gasteiger partial charge in [-0.05, 0) is 43.4 Å². The highest BCUT2D eigenvalue weighted by molar-refractivity contribution is 5.51. The summed E-state index contributed by atoms with van der Waals surface area (Å²) in [6.07, 6.45) is 0. The van der Waals surface area contributed by atoms with Crippen LogP contribution in [0.2, 0.25) is 0 Å². The fourth-order valence-corrected chi connectivity index (χ4v) is 2.11. The normalized spacial score (nSPS) is 10.6. The molecular weight excluding hydrogens is 248 g/mol. The van der Waals surface area contributed by atoms with Crippen LogP contribution in [0.25, 0.3) is 0 Å². The molecular formula is C17H22N2O. The Labute approximate surface area is 121 Å². The van der Waals surface area contributed by atoms with Crippen LogP contribution in [-0.4, -0.2) is 26.1 Å². The summed E-state index contributed by atoms with van der Waals surface area (Å²) in [4.78, 5) is 2.17. The lowest BCUT2D eigenvalue weighted by Gasteiger charge is -2.15. The van der Waals surface area contributed by atoms with Gasteiger partial charge in [-0.15, -0.1) is 0 Å². The van der Waals surface area contributed by atoms with Crippen molar-refractivity contribution in [3.05, 3.63) is 59.7 Å². The summed E-state index contributed by atoms with van der Waals surface area (Å²) in [5.41, 5.74) is 3.74. The summed E-state index contributed by atoms with van der Waals surface area (Å²) in [7, 11) is 5.85. The molecule has 0 amide bonds. The van der Waals surface area contributed by atoms with Gasteiger partial charge in [0.05, 0.1) is 7.11 Å². The van der Waals surface area contributed by atoms with Crippen LogP contribution in [-0.2, 0) is 13.1 Å². The Hall–Kier alpha value is -2.00. The molecule has 0 spiro atoms. The van der Waals surface area contributed by atoms with Crippen LogP contribution < -0.4 is 10.1 Å². The van der Waals surface area contributed by atoms with Crippen LogP contribution in [0, 0.1) is 0 Å². The van der Waals surface area contributed by atoms with Crippen LogP contribution in [0.3, 0.4) is 0 Å². The average molecular weight is 270 g/mol.